The zero-order chi connectivity index (χ0) is 19.1. The molecular weight excluding hydrogens is 372 g/mol. The van der Waals surface area contributed by atoms with Gasteiger partial charge in [-0.25, -0.2) is 4.98 Å². The van der Waals surface area contributed by atoms with Crippen LogP contribution in [0.4, 0.5) is 17.5 Å². The topological polar surface area (TPSA) is 83.9 Å². The van der Waals surface area contributed by atoms with Gasteiger partial charge >= 0.3 is 0 Å². The second kappa shape index (κ2) is 6.70. The van der Waals surface area contributed by atoms with Crippen LogP contribution >= 0.6 is 11.8 Å². The number of nitrogens with one attached hydrogen (secondary N) is 3. The minimum Gasteiger partial charge on any atom is -0.324 e. The molecule has 8 heteroatoms. The molecule has 3 heterocycles. The maximum absolute atomic E-state index is 12.9. The summed E-state index contributed by atoms with van der Waals surface area (Å²) in [6.45, 7) is 0. The Morgan fingerprint density at radius 1 is 1.14 bits per heavy atom. The van der Waals surface area contributed by atoms with E-state index in [1.807, 2.05) is 24.4 Å². The van der Waals surface area contributed by atoms with Crippen molar-refractivity contribution in [3.63, 3.8) is 0 Å². The third kappa shape index (κ3) is 2.71. The minimum atomic E-state index is -0.563. The summed E-state index contributed by atoms with van der Waals surface area (Å²) in [7, 11) is 0. The van der Waals surface area contributed by atoms with Crippen molar-refractivity contribution in [3.05, 3.63) is 36.5 Å². The van der Waals surface area contributed by atoms with Gasteiger partial charge in [-0.05, 0) is 49.4 Å². The Morgan fingerprint density at radius 2 is 1.93 bits per heavy atom. The molecule has 5 rings (SSSR count). The van der Waals surface area contributed by atoms with Crippen LogP contribution in [0.5, 0.6) is 0 Å². The van der Waals surface area contributed by atoms with Gasteiger partial charge in [0.1, 0.15) is 17.0 Å². The van der Waals surface area contributed by atoms with E-state index in [1.165, 1.54) is 11.3 Å². The molecule has 28 heavy (non-hydrogen) atoms. The fourth-order valence-corrected chi connectivity index (χ4v) is 4.71. The number of rotatable bonds is 3. The van der Waals surface area contributed by atoms with E-state index in [0.29, 0.717) is 5.95 Å². The standard InChI is InChI=1S/C20H22N6OS/c1-28-15-7-5-14(6-8-15)22-19-21-12-13-11-16-24-25-18(27)20(9-3-2-4-10-20)26(16)17(13)23-19/h5-8,11-12,24H,2-4,9-10H2,1H3,(H,25,27)(H,21,22,23). The summed E-state index contributed by atoms with van der Waals surface area (Å²) >= 11 is 1.71. The first-order chi connectivity index (χ1) is 13.7. The minimum absolute atomic E-state index is 0.0259. The quantitative estimate of drug-likeness (QED) is 0.582. The maximum atomic E-state index is 12.9. The van der Waals surface area contributed by atoms with Gasteiger partial charge in [-0.2, -0.15) is 4.98 Å². The second-order valence-electron chi connectivity index (χ2n) is 7.36. The summed E-state index contributed by atoms with van der Waals surface area (Å²) in [4.78, 5) is 23.3. The number of thioether (sulfide) groups is 1. The van der Waals surface area contributed by atoms with Crippen molar-refractivity contribution in [1.82, 2.24) is 20.0 Å². The van der Waals surface area contributed by atoms with E-state index < -0.39 is 5.54 Å². The summed E-state index contributed by atoms with van der Waals surface area (Å²) in [6.07, 6.45) is 8.80. The highest BCUT2D eigenvalue weighted by Crippen LogP contribution is 2.42. The highest BCUT2D eigenvalue weighted by molar-refractivity contribution is 7.98. The van der Waals surface area contributed by atoms with E-state index in [2.05, 4.69) is 44.1 Å². The van der Waals surface area contributed by atoms with Crippen molar-refractivity contribution >= 4 is 46.2 Å². The van der Waals surface area contributed by atoms with Crippen molar-refractivity contribution < 1.29 is 4.79 Å². The largest absolute Gasteiger partial charge is 0.324 e. The number of nitrogens with zero attached hydrogens (tertiary/aromatic N) is 3. The van der Waals surface area contributed by atoms with Gasteiger partial charge in [-0.15, -0.1) is 11.8 Å². The normalized spacial score (nSPS) is 17.8. The number of hydrogen-bond donors (Lipinski definition) is 3. The molecule has 1 amide bonds. The average Bonchev–Trinajstić information content (AvgIpc) is 3.11. The van der Waals surface area contributed by atoms with Crippen molar-refractivity contribution in [2.45, 2.75) is 42.5 Å². The monoisotopic (exact) mass is 394 g/mol. The molecule has 1 fully saturated rings. The van der Waals surface area contributed by atoms with Crippen LogP contribution in [0, 0.1) is 0 Å². The van der Waals surface area contributed by atoms with E-state index in [0.717, 1.165) is 48.2 Å². The third-order valence-electron chi connectivity index (χ3n) is 5.72. The molecule has 0 saturated heterocycles. The highest BCUT2D eigenvalue weighted by Gasteiger charge is 2.46. The molecule has 7 nitrogen and oxygen atoms in total. The predicted molar refractivity (Wildman–Crippen MR) is 112 cm³/mol. The fraction of sp³-hybridized carbons (Fsp3) is 0.350. The second-order valence-corrected chi connectivity index (χ2v) is 8.24. The van der Waals surface area contributed by atoms with Gasteiger partial charge in [0, 0.05) is 22.2 Å². The summed E-state index contributed by atoms with van der Waals surface area (Å²) in [5.74, 6) is 1.42. The zero-order valence-electron chi connectivity index (χ0n) is 15.7. The molecule has 0 unspecified atom stereocenters. The predicted octanol–water partition coefficient (Wildman–Crippen LogP) is 4.01. The van der Waals surface area contributed by atoms with E-state index in [4.69, 9.17) is 4.98 Å². The lowest BCUT2D eigenvalue weighted by molar-refractivity contribution is -0.131. The van der Waals surface area contributed by atoms with Crippen molar-refractivity contribution in [2.24, 2.45) is 0 Å². The molecule has 3 N–H and O–H groups in total. The number of fused-ring (bicyclic) bond motifs is 4. The molecule has 1 saturated carbocycles. The Bertz CT molecular complexity index is 1040. The van der Waals surface area contributed by atoms with Crippen LogP contribution in [0.2, 0.25) is 0 Å². The molecule has 3 aromatic rings. The Labute approximate surface area is 167 Å². The van der Waals surface area contributed by atoms with E-state index in [9.17, 15) is 4.79 Å². The van der Waals surface area contributed by atoms with Crippen molar-refractivity contribution in [3.8, 4) is 0 Å². The molecule has 144 valence electrons. The molecule has 0 bridgehead atoms. The summed E-state index contributed by atoms with van der Waals surface area (Å²) in [6, 6.07) is 10.2. The number of carbonyl (C=O) groups is 1. The van der Waals surface area contributed by atoms with Crippen LogP contribution in [-0.2, 0) is 10.3 Å². The van der Waals surface area contributed by atoms with Crippen LogP contribution < -0.4 is 16.2 Å². The number of hydrazine groups is 1. The molecule has 1 spiro atoms. The number of aromatic nitrogens is 3. The molecule has 2 aromatic heterocycles. The summed E-state index contributed by atoms with van der Waals surface area (Å²) in [5, 5.41) is 4.20. The van der Waals surface area contributed by atoms with Crippen LogP contribution in [0.1, 0.15) is 32.1 Å². The Morgan fingerprint density at radius 3 is 2.68 bits per heavy atom. The number of carbonyl (C=O) groups excluding carboxylic acids is 1. The van der Waals surface area contributed by atoms with Crippen LogP contribution in [-0.4, -0.2) is 26.7 Å². The molecule has 1 aromatic carbocycles. The maximum Gasteiger partial charge on any atom is 0.264 e. The SMILES string of the molecule is CSc1ccc(Nc2ncc3cc4n(c3n2)C2(CCCCC2)C(=O)NN4)cc1. The van der Waals surface area contributed by atoms with Crippen molar-refractivity contribution in [1.29, 1.82) is 0 Å². The van der Waals surface area contributed by atoms with Gasteiger partial charge < -0.3 is 5.32 Å². The first-order valence-electron chi connectivity index (χ1n) is 9.56. The van der Waals surface area contributed by atoms with E-state index >= 15 is 0 Å². The van der Waals surface area contributed by atoms with Crippen LogP contribution in [0.15, 0.2) is 41.4 Å². The molecule has 0 atom stereocenters. The van der Waals surface area contributed by atoms with Crippen LogP contribution in [0.25, 0.3) is 11.0 Å². The zero-order valence-corrected chi connectivity index (χ0v) is 16.5. The Hall–Kier alpha value is -2.74. The molecule has 1 aliphatic carbocycles. The van der Waals surface area contributed by atoms with E-state index in [1.54, 1.807) is 11.8 Å². The van der Waals surface area contributed by atoms with Gasteiger partial charge in [0.25, 0.3) is 5.91 Å². The summed E-state index contributed by atoms with van der Waals surface area (Å²) < 4.78 is 2.09. The van der Waals surface area contributed by atoms with Gasteiger partial charge in [-0.3, -0.25) is 20.2 Å². The first-order valence-corrected chi connectivity index (χ1v) is 10.8. The lowest BCUT2D eigenvalue weighted by Crippen LogP contribution is -2.55. The Kier molecular flexibility index (Phi) is 4.16. The average molecular weight is 395 g/mol. The van der Waals surface area contributed by atoms with Crippen LogP contribution in [0.3, 0.4) is 0 Å². The van der Waals surface area contributed by atoms with Gasteiger partial charge in [0.05, 0.1) is 0 Å². The smallest absolute Gasteiger partial charge is 0.264 e. The van der Waals surface area contributed by atoms with Gasteiger partial charge in [0.15, 0.2) is 0 Å². The lowest BCUT2D eigenvalue weighted by atomic mass is 9.80. The molecule has 0 radical (unpaired) electrons. The third-order valence-corrected chi connectivity index (χ3v) is 6.47. The Balaban J connectivity index is 1.57. The molecular formula is C20H22N6OS. The molecule has 1 aliphatic heterocycles. The number of hydrogen-bond acceptors (Lipinski definition) is 6. The van der Waals surface area contributed by atoms with Gasteiger partial charge in [0.2, 0.25) is 5.95 Å². The number of amides is 1. The van der Waals surface area contributed by atoms with Crippen molar-refractivity contribution in [2.75, 3.05) is 17.0 Å². The lowest BCUT2D eigenvalue weighted by Gasteiger charge is -2.41. The van der Waals surface area contributed by atoms with E-state index in [-0.39, 0.29) is 5.91 Å². The molecule has 2 aliphatic rings. The van der Waals surface area contributed by atoms with Gasteiger partial charge in [-0.1, -0.05) is 19.3 Å². The highest BCUT2D eigenvalue weighted by atomic mass is 32.2. The number of anilines is 3. The first kappa shape index (κ1) is 17.4. The summed E-state index contributed by atoms with van der Waals surface area (Å²) in [5.41, 5.74) is 7.04. The fourth-order valence-electron chi connectivity index (χ4n) is 4.30. The number of benzene rings is 1.